The van der Waals surface area contributed by atoms with Crippen molar-refractivity contribution in [3.8, 4) is 0 Å². The van der Waals surface area contributed by atoms with Crippen LogP contribution in [0.1, 0.15) is 32.6 Å². The van der Waals surface area contributed by atoms with Gasteiger partial charge < -0.3 is 10.2 Å². The lowest BCUT2D eigenvalue weighted by molar-refractivity contribution is -0.145. The van der Waals surface area contributed by atoms with Gasteiger partial charge in [0.1, 0.15) is 6.04 Å². The van der Waals surface area contributed by atoms with E-state index in [0.717, 1.165) is 25.7 Å². The number of rotatable bonds is 1. The van der Waals surface area contributed by atoms with Crippen LogP contribution in [0.2, 0.25) is 0 Å². The molecule has 1 aliphatic carbocycles. The minimum atomic E-state index is -0.285. The Balaban J connectivity index is 2.01. The summed E-state index contributed by atoms with van der Waals surface area (Å²) in [5, 5.41) is 2.77. The maximum atomic E-state index is 12.1. The molecular formula is C11H18N2O2. The van der Waals surface area contributed by atoms with E-state index in [1.807, 2.05) is 0 Å². The Labute approximate surface area is 90.0 Å². The number of piperazine rings is 1. The Hall–Kier alpha value is -1.06. The fraction of sp³-hybridized carbons (Fsp3) is 0.818. The minimum Gasteiger partial charge on any atom is -0.353 e. The van der Waals surface area contributed by atoms with Crippen molar-refractivity contribution in [1.82, 2.24) is 10.2 Å². The third-order valence-corrected chi connectivity index (χ3v) is 3.49. The lowest BCUT2D eigenvalue weighted by Gasteiger charge is -2.34. The summed E-state index contributed by atoms with van der Waals surface area (Å²) in [7, 11) is 0. The Morgan fingerprint density at radius 3 is 2.73 bits per heavy atom. The Morgan fingerprint density at radius 2 is 2.07 bits per heavy atom. The normalized spacial score (nSPS) is 27.9. The van der Waals surface area contributed by atoms with Crippen LogP contribution in [0.4, 0.5) is 0 Å². The van der Waals surface area contributed by atoms with Crippen molar-refractivity contribution in [2.24, 2.45) is 5.92 Å². The van der Waals surface area contributed by atoms with Crippen LogP contribution >= 0.6 is 0 Å². The zero-order chi connectivity index (χ0) is 10.8. The van der Waals surface area contributed by atoms with Crippen molar-refractivity contribution in [1.29, 1.82) is 0 Å². The van der Waals surface area contributed by atoms with Crippen LogP contribution in [0, 0.1) is 5.92 Å². The highest BCUT2D eigenvalue weighted by Crippen LogP contribution is 2.27. The molecule has 0 aromatic rings. The number of hydrogen-bond donors (Lipinski definition) is 1. The lowest BCUT2D eigenvalue weighted by Crippen LogP contribution is -2.56. The van der Waals surface area contributed by atoms with E-state index >= 15 is 0 Å². The summed E-state index contributed by atoms with van der Waals surface area (Å²) < 4.78 is 0. The van der Waals surface area contributed by atoms with Crippen molar-refractivity contribution >= 4 is 11.8 Å². The van der Waals surface area contributed by atoms with Crippen molar-refractivity contribution < 1.29 is 9.59 Å². The predicted molar refractivity (Wildman–Crippen MR) is 56.1 cm³/mol. The van der Waals surface area contributed by atoms with Gasteiger partial charge in [0.25, 0.3) is 0 Å². The lowest BCUT2D eigenvalue weighted by atomic mass is 10.0. The second-order valence-electron chi connectivity index (χ2n) is 4.48. The molecule has 2 amide bonds. The number of carbonyl (C=O) groups is 2. The zero-order valence-corrected chi connectivity index (χ0v) is 9.16. The first-order chi connectivity index (χ1) is 7.20. The van der Waals surface area contributed by atoms with Crippen LogP contribution in [-0.2, 0) is 9.59 Å². The first kappa shape index (κ1) is 10.5. The zero-order valence-electron chi connectivity index (χ0n) is 9.16. The summed E-state index contributed by atoms with van der Waals surface area (Å²) in [6.07, 6.45) is 4.32. The van der Waals surface area contributed by atoms with Crippen LogP contribution in [0.15, 0.2) is 0 Å². The number of hydrogen-bond acceptors (Lipinski definition) is 2. The molecule has 2 fully saturated rings. The highest BCUT2D eigenvalue weighted by atomic mass is 16.2. The third kappa shape index (κ3) is 1.98. The van der Waals surface area contributed by atoms with Gasteiger partial charge in [0, 0.05) is 19.0 Å². The van der Waals surface area contributed by atoms with Crippen molar-refractivity contribution in [3.05, 3.63) is 0 Å². The molecule has 1 saturated heterocycles. The molecule has 4 nitrogen and oxygen atoms in total. The van der Waals surface area contributed by atoms with Crippen LogP contribution in [0.5, 0.6) is 0 Å². The van der Waals surface area contributed by atoms with E-state index < -0.39 is 0 Å². The van der Waals surface area contributed by atoms with Gasteiger partial charge in [0.05, 0.1) is 0 Å². The summed E-state index contributed by atoms with van der Waals surface area (Å²) >= 11 is 0. The molecule has 1 heterocycles. The molecule has 0 spiro atoms. The van der Waals surface area contributed by atoms with Crippen molar-refractivity contribution in [2.75, 3.05) is 13.1 Å². The predicted octanol–water partition coefficient (Wildman–Crippen LogP) is 0.523. The molecule has 1 N–H and O–H groups in total. The molecule has 1 atom stereocenters. The molecule has 0 radical (unpaired) electrons. The van der Waals surface area contributed by atoms with Gasteiger partial charge in [-0.1, -0.05) is 12.8 Å². The average molecular weight is 210 g/mol. The molecule has 1 unspecified atom stereocenters. The molecule has 15 heavy (non-hydrogen) atoms. The smallest absolute Gasteiger partial charge is 0.242 e. The Morgan fingerprint density at radius 1 is 1.40 bits per heavy atom. The summed E-state index contributed by atoms with van der Waals surface area (Å²) in [6, 6.07) is -0.285. The van der Waals surface area contributed by atoms with E-state index in [1.165, 1.54) is 0 Å². The number of nitrogens with zero attached hydrogens (tertiary/aromatic N) is 1. The minimum absolute atomic E-state index is 0.0207. The Kier molecular flexibility index (Phi) is 2.93. The van der Waals surface area contributed by atoms with E-state index in [1.54, 1.807) is 11.8 Å². The maximum absolute atomic E-state index is 12.1. The van der Waals surface area contributed by atoms with Gasteiger partial charge in [-0.15, -0.1) is 0 Å². The SMILES string of the molecule is CC1C(=O)NCCN1C(=O)C1CCCC1. The summed E-state index contributed by atoms with van der Waals surface area (Å²) in [5.74, 6) is 0.348. The van der Waals surface area contributed by atoms with Gasteiger partial charge in [-0.25, -0.2) is 0 Å². The first-order valence-corrected chi connectivity index (χ1v) is 5.78. The standard InChI is InChI=1S/C11H18N2O2/c1-8-10(14)12-6-7-13(8)11(15)9-4-2-3-5-9/h8-9H,2-7H2,1H3,(H,12,14). The van der Waals surface area contributed by atoms with E-state index in [-0.39, 0.29) is 23.8 Å². The summed E-state index contributed by atoms with van der Waals surface area (Å²) in [5.41, 5.74) is 0. The molecule has 0 aromatic heterocycles. The number of amides is 2. The molecule has 84 valence electrons. The molecule has 4 heteroatoms. The van der Waals surface area contributed by atoms with Gasteiger partial charge >= 0.3 is 0 Å². The maximum Gasteiger partial charge on any atom is 0.242 e. The number of nitrogens with one attached hydrogen (secondary N) is 1. The highest BCUT2D eigenvalue weighted by molar-refractivity contribution is 5.89. The van der Waals surface area contributed by atoms with Crippen LogP contribution < -0.4 is 5.32 Å². The van der Waals surface area contributed by atoms with Crippen molar-refractivity contribution in [3.63, 3.8) is 0 Å². The van der Waals surface area contributed by atoms with E-state index in [9.17, 15) is 9.59 Å². The van der Waals surface area contributed by atoms with Gasteiger partial charge in [-0.2, -0.15) is 0 Å². The second-order valence-corrected chi connectivity index (χ2v) is 4.48. The van der Waals surface area contributed by atoms with Gasteiger partial charge in [-0.3, -0.25) is 9.59 Å². The highest BCUT2D eigenvalue weighted by Gasteiger charge is 2.34. The molecule has 1 aliphatic heterocycles. The molecular weight excluding hydrogens is 192 g/mol. The van der Waals surface area contributed by atoms with E-state index in [2.05, 4.69) is 5.32 Å². The van der Waals surface area contributed by atoms with Gasteiger partial charge in [0.2, 0.25) is 11.8 Å². The molecule has 2 rings (SSSR count). The summed E-state index contributed by atoms with van der Waals surface area (Å²) in [6.45, 7) is 3.07. The van der Waals surface area contributed by atoms with Crippen molar-refractivity contribution in [2.45, 2.75) is 38.6 Å². The second kappa shape index (κ2) is 4.21. The monoisotopic (exact) mass is 210 g/mol. The van der Waals surface area contributed by atoms with Crippen LogP contribution in [0.25, 0.3) is 0 Å². The third-order valence-electron chi connectivity index (χ3n) is 3.49. The van der Waals surface area contributed by atoms with E-state index in [0.29, 0.717) is 13.1 Å². The molecule has 1 saturated carbocycles. The van der Waals surface area contributed by atoms with E-state index in [4.69, 9.17) is 0 Å². The largest absolute Gasteiger partial charge is 0.353 e. The topological polar surface area (TPSA) is 49.4 Å². The van der Waals surface area contributed by atoms with Crippen LogP contribution in [0.3, 0.4) is 0 Å². The molecule has 0 aromatic carbocycles. The van der Waals surface area contributed by atoms with Gasteiger partial charge in [0.15, 0.2) is 0 Å². The molecule has 0 bridgehead atoms. The summed E-state index contributed by atoms with van der Waals surface area (Å²) in [4.78, 5) is 25.3. The molecule has 2 aliphatic rings. The average Bonchev–Trinajstić information content (AvgIpc) is 2.74. The fourth-order valence-electron chi connectivity index (χ4n) is 2.49. The first-order valence-electron chi connectivity index (χ1n) is 5.78. The van der Waals surface area contributed by atoms with Crippen LogP contribution in [-0.4, -0.2) is 35.8 Å². The fourth-order valence-corrected chi connectivity index (χ4v) is 2.49. The quantitative estimate of drug-likeness (QED) is 0.686. The Bertz CT molecular complexity index is 272. The van der Waals surface area contributed by atoms with Gasteiger partial charge in [-0.05, 0) is 19.8 Å². The number of carbonyl (C=O) groups excluding carboxylic acids is 2.